The van der Waals surface area contributed by atoms with Gasteiger partial charge in [-0.1, -0.05) is 20.8 Å². The van der Waals surface area contributed by atoms with Crippen molar-refractivity contribution in [2.24, 2.45) is 0 Å². The van der Waals surface area contributed by atoms with Crippen LogP contribution in [-0.4, -0.2) is 24.0 Å². The lowest BCUT2D eigenvalue weighted by Crippen LogP contribution is -2.32. The number of hydrogen-bond donors (Lipinski definition) is 2. The highest BCUT2D eigenvalue weighted by Gasteiger charge is 2.12. The number of nitrogens with one attached hydrogen (secondary N) is 2. The van der Waals surface area contributed by atoms with E-state index in [4.69, 9.17) is 0 Å². The van der Waals surface area contributed by atoms with Crippen molar-refractivity contribution < 1.29 is 4.79 Å². The lowest BCUT2D eigenvalue weighted by molar-refractivity contribution is 0.0939. The van der Waals surface area contributed by atoms with Crippen LogP contribution in [0.3, 0.4) is 0 Å². The zero-order chi connectivity index (χ0) is 13.7. The summed E-state index contributed by atoms with van der Waals surface area (Å²) < 4.78 is 0. The Bertz CT molecular complexity index is 416. The summed E-state index contributed by atoms with van der Waals surface area (Å²) in [6.07, 6.45) is 0.923. The molecule has 0 saturated carbocycles. The van der Waals surface area contributed by atoms with Crippen LogP contribution in [-0.2, 0) is 0 Å². The summed E-state index contributed by atoms with van der Waals surface area (Å²) in [4.78, 5) is 16.5. The second kappa shape index (κ2) is 6.38. The molecule has 0 aliphatic carbocycles. The molecule has 4 heteroatoms. The molecule has 0 aromatic carbocycles. The monoisotopic (exact) mass is 249 g/mol. The standard InChI is InChI=1S/C14H23N3O/c1-6-10(4)16-14(18)11-7-12(9(2)3)17-13(8-11)15-5/h7-10H,6H2,1-5H3,(H,15,17)(H,16,18). The van der Waals surface area contributed by atoms with E-state index in [1.165, 1.54) is 0 Å². The third kappa shape index (κ3) is 3.72. The lowest BCUT2D eigenvalue weighted by Gasteiger charge is -2.14. The molecule has 1 atom stereocenters. The van der Waals surface area contributed by atoms with Gasteiger partial charge in [0, 0.05) is 24.3 Å². The fourth-order valence-electron chi connectivity index (χ4n) is 1.52. The molecule has 0 saturated heterocycles. The highest BCUT2D eigenvalue weighted by Crippen LogP contribution is 2.17. The molecule has 1 aromatic heterocycles. The van der Waals surface area contributed by atoms with Gasteiger partial charge < -0.3 is 10.6 Å². The predicted octanol–water partition coefficient (Wildman–Crippen LogP) is 2.78. The van der Waals surface area contributed by atoms with E-state index in [1.807, 2.05) is 20.0 Å². The Hall–Kier alpha value is -1.58. The van der Waals surface area contributed by atoms with Crippen molar-refractivity contribution in [3.05, 3.63) is 23.4 Å². The molecule has 1 rings (SSSR count). The Morgan fingerprint density at radius 1 is 1.33 bits per heavy atom. The minimum atomic E-state index is -0.0369. The van der Waals surface area contributed by atoms with Gasteiger partial charge in [0.05, 0.1) is 0 Å². The molecular formula is C14H23N3O. The van der Waals surface area contributed by atoms with Gasteiger partial charge in [-0.3, -0.25) is 4.79 Å². The molecule has 2 N–H and O–H groups in total. The van der Waals surface area contributed by atoms with Crippen molar-refractivity contribution in [2.75, 3.05) is 12.4 Å². The molecule has 100 valence electrons. The molecule has 0 aliphatic rings. The quantitative estimate of drug-likeness (QED) is 0.843. The first-order valence-electron chi connectivity index (χ1n) is 6.48. The van der Waals surface area contributed by atoms with Gasteiger partial charge in [-0.15, -0.1) is 0 Å². The Balaban J connectivity index is 3.00. The number of hydrogen-bond acceptors (Lipinski definition) is 3. The number of amides is 1. The highest BCUT2D eigenvalue weighted by molar-refractivity contribution is 5.95. The van der Waals surface area contributed by atoms with E-state index in [1.54, 1.807) is 6.07 Å². The maximum Gasteiger partial charge on any atom is 0.251 e. The van der Waals surface area contributed by atoms with Crippen LogP contribution in [0, 0.1) is 0 Å². The Morgan fingerprint density at radius 2 is 2.00 bits per heavy atom. The van der Waals surface area contributed by atoms with Crippen molar-refractivity contribution in [3.8, 4) is 0 Å². The van der Waals surface area contributed by atoms with E-state index in [0.29, 0.717) is 11.5 Å². The van der Waals surface area contributed by atoms with Gasteiger partial charge in [-0.2, -0.15) is 0 Å². The van der Waals surface area contributed by atoms with E-state index >= 15 is 0 Å². The summed E-state index contributed by atoms with van der Waals surface area (Å²) in [6.45, 7) is 8.19. The van der Waals surface area contributed by atoms with E-state index in [-0.39, 0.29) is 11.9 Å². The predicted molar refractivity (Wildman–Crippen MR) is 75.1 cm³/mol. The van der Waals surface area contributed by atoms with Crippen molar-refractivity contribution in [1.82, 2.24) is 10.3 Å². The lowest BCUT2D eigenvalue weighted by atomic mass is 10.1. The molecule has 1 amide bonds. The van der Waals surface area contributed by atoms with E-state index < -0.39 is 0 Å². The fraction of sp³-hybridized carbons (Fsp3) is 0.571. The molecule has 1 heterocycles. The summed E-state index contributed by atoms with van der Waals surface area (Å²) in [5, 5.41) is 5.96. The molecule has 0 bridgehead atoms. The largest absolute Gasteiger partial charge is 0.373 e. The highest BCUT2D eigenvalue weighted by atomic mass is 16.1. The number of rotatable bonds is 5. The van der Waals surface area contributed by atoms with Crippen molar-refractivity contribution in [1.29, 1.82) is 0 Å². The number of nitrogens with zero attached hydrogens (tertiary/aromatic N) is 1. The van der Waals surface area contributed by atoms with Gasteiger partial charge in [0.15, 0.2) is 0 Å². The summed E-state index contributed by atoms with van der Waals surface area (Å²) >= 11 is 0. The Kier molecular flexibility index (Phi) is 5.13. The summed E-state index contributed by atoms with van der Waals surface area (Å²) in [7, 11) is 1.81. The van der Waals surface area contributed by atoms with Gasteiger partial charge in [-0.25, -0.2) is 4.98 Å². The summed E-state index contributed by atoms with van der Waals surface area (Å²) in [6, 6.07) is 3.83. The zero-order valence-corrected chi connectivity index (χ0v) is 11.9. The number of anilines is 1. The van der Waals surface area contributed by atoms with Crippen LogP contribution in [0.4, 0.5) is 5.82 Å². The minimum Gasteiger partial charge on any atom is -0.373 e. The van der Waals surface area contributed by atoms with Crippen molar-refractivity contribution in [3.63, 3.8) is 0 Å². The maximum absolute atomic E-state index is 12.1. The van der Waals surface area contributed by atoms with Crippen LogP contribution in [0.2, 0.25) is 0 Å². The molecule has 4 nitrogen and oxygen atoms in total. The number of carbonyl (C=O) groups is 1. The average Bonchev–Trinajstić information content (AvgIpc) is 2.37. The molecule has 0 aliphatic heterocycles. The first-order valence-corrected chi connectivity index (χ1v) is 6.48. The van der Waals surface area contributed by atoms with Crippen molar-refractivity contribution >= 4 is 11.7 Å². The molecule has 0 radical (unpaired) electrons. The first-order chi connectivity index (χ1) is 8.47. The smallest absolute Gasteiger partial charge is 0.251 e. The van der Waals surface area contributed by atoms with Gasteiger partial charge in [-0.05, 0) is 31.4 Å². The third-order valence-corrected chi connectivity index (χ3v) is 2.94. The van der Waals surface area contributed by atoms with Gasteiger partial charge in [0.1, 0.15) is 5.82 Å². The minimum absolute atomic E-state index is 0.0369. The molecule has 1 aromatic rings. The van der Waals surface area contributed by atoms with E-state index in [2.05, 4.69) is 36.4 Å². The second-order valence-corrected chi connectivity index (χ2v) is 4.85. The second-order valence-electron chi connectivity index (χ2n) is 4.85. The van der Waals surface area contributed by atoms with Gasteiger partial charge in [0.25, 0.3) is 5.91 Å². The van der Waals surface area contributed by atoms with Crippen LogP contribution < -0.4 is 10.6 Å². The summed E-state index contributed by atoms with van der Waals surface area (Å²) in [5.41, 5.74) is 1.59. The van der Waals surface area contributed by atoms with Crippen molar-refractivity contribution in [2.45, 2.75) is 46.1 Å². The van der Waals surface area contributed by atoms with Gasteiger partial charge in [0.2, 0.25) is 0 Å². The Morgan fingerprint density at radius 3 is 2.50 bits per heavy atom. The average molecular weight is 249 g/mol. The number of pyridine rings is 1. The van der Waals surface area contributed by atoms with E-state index in [0.717, 1.165) is 17.9 Å². The molecule has 18 heavy (non-hydrogen) atoms. The molecule has 1 unspecified atom stereocenters. The van der Waals surface area contributed by atoms with Crippen LogP contribution in [0.15, 0.2) is 12.1 Å². The normalized spacial score (nSPS) is 12.3. The molecular weight excluding hydrogens is 226 g/mol. The van der Waals surface area contributed by atoms with Crippen LogP contribution in [0.1, 0.15) is 56.1 Å². The maximum atomic E-state index is 12.1. The SMILES string of the molecule is CCC(C)NC(=O)c1cc(NC)nc(C(C)C)c1. The van der Waals surface area contributed by atoms with Gasteiger partial charge >= 0.3 is 0 Å². The Labute approximate surface area is 109 Å². The molecule has 0 fully saturated rings. The number of aromatic nitrogens is 1. The summed E-state index contributed by atoms with van der Waals surface area (Å²) in [5.74, 6) is 0.995. The topological polar surface area (TPSA) is 54.0 Å². The zero-order valence-electron chi connectivity index (χ0n) is 11.9. The van der Waals surface area contributed by atoms with E-state index in [9.17, 15) is 4.79 Å². The third-order valence-electron chi connectivity index (χ3n) is 2.94. The molecule has 0 spiro atoms. The van der Waals surface area contributed by atoms with Crippen LogP contribution >= 0.6 is 0 Å². The van der Waals surface area contributed by atoms with Crippen LogP contribution in [0.5, 0.6) is 0 Å². The fourth-order valence-corrected chi connectivity index (χ4v) is 1.52. The van der Waals surface area contributed by atoms with Crippen LogP contribution in [0.25, 0.3) is 0 Å². The first kappa shape index (κ1) is 14.5. The number of carbonyl (C=O) groups excluding carboxylic acids is 1.